The van der Waals surface area contributed by atoms with Crippen LogP contribution in [-0.4, -0.2) is 63.5 Å². The highest BCUT2D eigenvalue weighted by Gasteiger charge is 2.52. The number of likely N-dealkylation sites (tertiary alicyclic amines) is 2. The van der Waals surface area contributed by atoms with E-state index in [4.69, 9.17) is 5.11 Å². The van der Waals surface area contributed by atoms with E-state index in [1.807, 2.05) is 6.92 Å². The maximum absolute atomic E-state index is 12.9. The topological polar surface area (TPSA) is 76.6 Å². The van der Waals surface area contributed by atoms with Gasteiger partial charge in [-0.25, -0.2) is 0 Å². The molecule has 0 aliphatic carbocycles. The number of rotatable bonds is 3. The van der Waals surface area contributed by atoms with E-state index in [0.29, 0.717) is 25.2 Å². The minimum absolute atomic E-state index is 0.00633. The number of aliphatic hydroxyl groups excluding tert-OH is 1. The van der Waals surface area contributed by atoms with Gasteiger partial charge in [-0.2, -0.15) is 0 Å². The highest BCUT2D eigenvalue weighted by Crippen LogP contribution is 2.39. The van der Waals surface area contributed by atoms with Crippen molar-refractivity contribution in [3.63, 3.8) is 0 Å². The highest BCUT2D eigenvalue weighted by molar-refractivity contribution is 6.00. The fraction of sp³-hybridized carbons (Fsp3) is 0.625. The molecular formula is C16H23N3O3. The van der Waals surface area contributed by atoms with Crippen LogP contribution in [0.4, 0.5) is 0 Å². The summed E-state index contributed by atoms with van der Waals surface area (Å²) in [7, 11) is 0. The van der Waals surface area contributed by atoms with Crippen molar-refractivity contribution in [2.75, 3.05) is 26.2 Å². The molecule has 1 atom stereocenters. The molecule has 22 heavy (non-hydrogen) atoms. The lowest BCUT2D eigenvalue weighted by Crippen LogP contribution is -2.61. The van der Waals surface area contributed by atoms with E-state index in [-0.39, 0.29) is 18.4 Å². The molecule has 2 saturated heterocycles. The van der Waals surface area contributed by atoms with E-state index >= 15 is 0 Å². The number of hydrogen-bond donors (Lipinski definition) is 2. The summed E-state index contributed by atoms with van der Waals surface area (Å²) in [6.45, 7) is 3.49. The molecule has 1 aromatic rings. The summed E-state index contributed by atoms with van der Waals surface area (Å²) in [6, 6.07) is 1.78. The number of carbonyl (C=O) groups is 2. The Labute approximate surface area is 130 Å². The molecule has 2 aliphatic heterocycles. The Balaban J connectivity index is 1.90. The van der Waals surface area contributed by atoms with Crippen LogP contribution in [-0.2, 0) is 4.79 Å². The summed E-state index contributed by atoms with van der Waals surface area (Å²) in [4.78, 5) is 32.3. The van der Waals surface area contributed by atoms with Gasteiger partial charge in [0.15, 0.2) is 0 Å². The molecule has 120 valence electrons. The van der Waals surface area contributed by atoms with Gasteiger partial charge in [0, 0.05) is 31.5 Å². The molecule has 0 radical (unpaired) electrons. The number of aromatic nitrogens is 1. The number of amides is 2. The molecule has 2 aliphatic rings. The second-order valence-electron chi connectivity index (χ2n) is 6.23. The Bertz CT molecular complexity index is 581. The monoisotopic (exact) mass is 305 g/mol. The molecule has 1 unspecified atom stereocenters. The Morgan fingerprint density at radius 2 is 2.09 bits per heavy atom. The summed E-state index contributed by atoms with van der Waals surface area (Å²) in [6.07, 6.45) is 4.94. The standard InChI is InChI=1S/C16H23N3O3/c1-12-13(4-7-17-12)14(21)19-9-3-6-16(19)5-2-8-18(10-11-20)15(16)22/h4,7,17,20H,2-3,5-6,8-11H2,1H3. The predicted octanol–water partition coefficient (Wildman–Crippen LogP) is 0.913. The van der Waals surface area contributed by atoms with Crippen LogP contribution in [0.3, 0.4) is 0 Å². The fourth-order valence-electron chi connectivity index (χ4n) is 3.89. The van der Waals surface area contributed by atoms with Crippen molar-refractivity contribution in [3.8, 4) is 0 Å². The Hall–Kier alpha value is -1.82. The van der Waals surface area contributed by atoms with Crippen molar-refractivity contribution in [3.05, 3.63) is 23.5 Å². The number of nitrogens with one attached hydrogen (secondary N) is 1. The zero-order valence-electron chi connectivity index (χ0n) is 13.0. The largest absolute Gasteiger partial charge is 0.395 e. The summed E-state index contributed by atoms with van der Waals surface area (Å²) in [5.74, 6) is -0.0534. The first-order valence-corrected chi connectivity index (χ1v) is 7.96. The van der Waals surface area contributed by atoms with Gasteiger partial charge in [-0.05, 0) is 38.7 Å². The van der Waals surface area contributed by atoms with Crippen LogP contribution >= 0.6 is 0 Å². The number of aliphatic hydroxyl groups is 1. The Morgan fingerprint density at radius 3 is 2.73 bits per heavy atom. The lowest BCUT2D eigenvalue weighted by atomic mass is 9.85. The van der Waals surface area contributed by atoms with Crippen molar-refractivity contribution in [1.29, 1.82) is 0 Å². The first-order chi connectivity index (χ1) is 10.6. The second-order valence-corrected chi connectivity index (χ2v) is 6.23. The van der Waals surface area contributed by atoms with Gasteiger partial charge < -0.3 is 19.9 Å². The lowest BCUT2D eigenvalue weighted by molar-refractivity contribution is -0.146. The first-order valence-electron chi connectivity index (χ1n) is 7.96. The third-order valence-corrected chi connectivity index (χ3v) is 4.99. The van der Waals surface area contributed by atoms with Gasteiger partial charge >= 0.3 is 0 Å². The van der Waals surface area contributed by atoms with Crippen LogP contribution in [0.25, 0.3) is 0 Å². The first kappa shape index (κ1) is 15.1. The van der Waals surface area contributed by atoms with Crippen LogP contribution < -0.4 is 0 Å². The molecule has 3 rings (SSSR count). The SMILES string of the molecule is Cc1[nH]ccc1C(=O)N1CCCC12CCCN(CCO)C2=O. The van der Waals surface area contributed by atoms with E-state index in [1.54, 1.807) is 22.1 Å². The molecule has 0 aromatic carbocycles. The normalized spacial score (nSPS) is 25.3. The number of piperidine rings is 1. The van der Waals surface area contributed by atoms with Crippen LogP contribution in [0.2, 0.25) is 0 Å². The Morgan fingerprint density at radius 1 is 1.36 bits per heavy atom. The molecule has 1 spiro atoms. The van der Waals surface area contributed by atoms with Crippen LogP contribution in [0.5, 0.6) is 0 Å². The number of nitrogens with zero attached hydrogens (tertiary/aromatic N) is 2. The Kier molecular flexibility index (Phi) is 3.95. The summed E-state index contributed by atoms with van der Waals surface area (Å²) < 4.78 is 0. The maximum atomic E-state index is 12.9. The third-order valence-electron chi connectivity index (χ3n) is 4.99. The molecular weight excluding hydrogens is 282 g/mol. The van der Waals surface area contributed by atoms with E-state index < -0.39 is 5.54 Å². The average Bonchev–Trinajstić information content (AvgIpc) is 3.11. The smallest absolute Gasteiger partial charge is 0.256 e. The highest BCUT2D eigenvalue weighted by atomic mass is 16.3. The van der Waals surface area contributed by atoms with Crippen molar-refractivity contribution >= 4 is 11.8 Å². The molecule has 6 heteroatoms. The number of aromatic amines is 1. The van der Waals surface area contributed by atoms with E-state index in [0.717, 1.165) is 31.4 Å². The molecule has 0 saturated carbocycles. The minimum atomic E-state index is -0.700. The van der Waals surface area contributed by atoms with Gasteiger partial charge in [0.1, 0.15) is 5.54 Å². The van der Waals surface area contributed by atoms with Gasteiger partial charge in [0.25, 0.3) is 5.91 Å². The average molecular weight is 305 g/mol. The molecule has 2 N–H and O–H groups in total. The minimum Gasteiger partial charge on any atom is -0.395 e. The van der Waals surface area contributed by atoms with Gasteiger partial charge in [0.2, 0.25) is 5.91 Å². The van der Waals surface area contributed by atoms with Gasteiger partial charge in [-0.1, -0.05) is 0 Å². The summed E-state index contributed by atoms with van der Waals surface area (Å²) in [5, 5.41) is 9.15. The number of β-amino-alcohol motifs (C(OH)–C–C–N with tert-alkyl or cyclic N) is 1. The van der Waals surface area contributed by atoms with Crippen molar-refractivity contribution in [2.45, 2.75) is 38.1 Å². The van der Waals surface area contributed by atoms with Crippen LogP contribution in [0, 0.1) is 6.92 Å². The fourth-order valence-corrected chi connectivity index (χ4v) is 3.89. The van der Waals surface area contributed by atoms with Crippen molar-refractivity contribution in [1.82, 2.24) is 14.8 Å². The summed E-state index contributed by atoms with van der Waals surface area (Å²) in [5.41, 5.74) is 0.782. The molecule has 2 amide bonds. The predicted molar refractivity (Wildman–Crippen MR) is 81.4 cm³/mol. The maximum Gasteiger partial charge on any atom is 0.256 e. The van der Waals surface area contributed by atoms with Gasteiger partial charge in [-0.3, -0.25) is 9.59 Å². The zero-order valence-corrected chi connectivity index (χ0v) is 13.0. The lowest BCUT2D eigenvalue weighted by Gasteiger charge is -2.44. The number of aryl methyl sites for hydroxylation is 1. The number of carbonyl (C=O) groups excluding carboxylic acids is 2. The van der Waals surface area contributed by atoms with Crippen LogP contribution in [0.15, 0.2) is 12.3 Å². The van der Waals surface area contributed by atoms with Gasteiger partial charge in [0.05, 0.1) is 12.2 Å². The van der Waals surface area contributed by atoms with E-state index in [9.17, 15) is 9.59 Å². The van der Waals surface area contributed by atoms with Crippen molar-refractivity contribution in [2.24, 2.45) is 0 Å². The third kappa shape index (κ3) is 2.22. The second kappa shape index (κ2) is 5.76. The molecule has 6 nitrogen and oxygen atoms in total. The number of H-pyrrole nitrogens is 1. The van der Waals surface area contributed by atoms with Crippen molar-refractivity contribution < 1.29 is 14.7 Å². The zero-order chi connectivity index (χ0) is 15.7. The molecule has 1 aromatic heterocycles. The molecule has 0 bridgehead atoms. The quantitative estimate of drug-likeness (QED) is 0.871. The van der Waals surface area contributed by atoms with Crippen LogP contribution in [0.1, 0.15) is 41.7 Å². The molecule has 2 fully saturated rings. The summed E-state index contributed by atoms with van der Waals surface area (Å²) >= 11 is 0. The van der Waals surface area contributed by atoms with Gasteiger partial charge in [-0.15, -0.1) is 0 Å². The van der Waals surface area contributed by atoms with E-state index in [2.05, 4.69) is 4.98 Å². The number of hydrogen-bond acceptors (Lipinski definition) is 3. The van der Waals surface area contributed by atoms with E-state index in [1.165, 1.54) is 0 Å². The molecule has 3 heterocycles.